The Morgan fingerprint density at radius 1 is 0.852 bits per heavy atom. The lowest BCUT2D eigenvalue weighted by Crippen LogP contribution is -2.18. The average Bonchev–Trinajstić information content (AvgIpc) is 3.14. The predicted molar refractivity (Wildman–Crippen MR) is 104 cm³/mol. The van der Waals surface area contributed by atoms with Crippen LogP contribution in [-0.2, 0) is 10.1 Å². The number of anilines is 1. The monoisotopic (exact) mass is 377 g/mol. The molecule has 136 valence electrons. The Kier molecular flexibility index (Phi) is 4.51. The summed E-state index contributed by atoms with van der Waals surface area (Å²) in [5.74, 6) is 0. The number of hydrazone groups is 1. The quantitative estimate of drug-likeness (QED) is 0.646. The van der Waals surface area contributed by atoms with Gasteiger partial charge >= 0.3 is 0 Å². The third-order valence-corrected chi connectivity index (χ3v) is 5.44. The number of rotatable bonds is 4. The minimum absolute atomic E-state index is 0.00360. The van der Waals surface area contributed by atoms with Crippen molar-refractivity contribution in [2.75, 3.05) is 5.01 Å². The summed E-state index contributed by atoms with van der Waals surface area (Å²) in [5, 5.41) is 6.69. The summed E-state index contributed by atoms with van der Waals surface area (Å²) in [6.45, 7) is 0. The molecule has 27 heavy (non-hydrogen) atoms. The highest BCUT2D eigenvalue weighted by Gasteiger charge is 2.29. The van der Waals surface area contributed by atoms with Gasteiger partial charge in [-0.2, -0.15) is 5.10 Å². The van der Waals surface area contributed by atoms with Gasteiger partial charge in [-0.05, 0) is 35.4 Å². The molecule has 0 radical (unpaired) electrons. The Morgan fingerprint density at radius 2 is 1.44 bits per heavy atom. The van der Waals surface area contributed by atoms with Crippen LogP contribution in [0.1, 0.15) is 23.6 Å². The lowest BCUT2D eigenvalue weighted by atomic mass is 9.98. The molecule has 1 aliphatic rings. The van der Waals surface area contributed by atoms with E-state index < -0.39 is 10.1 Å². The fraction of sp³-hybridized carbons (Fsp3) is 0.0952. The summed E-state index contributed by atoms with van der Waals surface area (Å²) in [4.78, 5) is -0.242. The lowest BCUT2D eigenvalue weighted by molar-refractivity contribution is 0.463. The number of benzene rings is 3. The molecule has 4 rings (SSSR count). The second kappa shape index (κ2) is 6.98. The van der Waals surface area contributed by atoms with Crippen LogP contribution in [0, 0.1) is 0 Å². The summed E-state index contributed by atoms with van der Waals surface area (Å²) in [5.41, 5.74) is 3.87. The zero-order valence-corrected chi connectivity index (χ0v) is 15.2. The highest BCUT2D eigenvalue weighted by molar-refractivity contribution is 7.85. The summed E-state index contributed by atoms with van der Waals surface area (Å²) in [7, 11) is -4.47. The molecule has 0 amide bonds. The first-order chi connectivity index (χ1) is 13.0. The maximum Gasteiger partial charge on any atom is 0.124 e. The van der Waals surface area contributed by atoms with Crippen LogP contribution in [0.15, 0.2) is 94.9 Å². The predicted octanol–water partition coefficient (Wildman–Crippen LogP) is 3.95. The molecule has 3 aromatic rings. The largest absolute Gasteiger partial charge is 0.744 e. The first-order valence-electron chi connectivity index (χ1n) is 8.55. The van der Waals surface area contributed by atoms with E-state index in [0.29, 0.717) is 0 Å². The van der Waals surface area contributed by atoms with Gasteiger partial charge in [-0.3, -0.25) is 5.01 Å². The minimum Gasteiger partial charge on any atom is -0.744 e. The van der Waals surface area contributed by atoms with Gasteiger partial charge in [0.1, 0.15) is 10.1 Å². The van der Waals surface area contributed by atoms with Gasteiger partial charge in [0, 0.05) is 6.42 Å². The first-order valence-corrected chi connectivity index (χ1v) is 9.96. The van der Waals surface area contributed by atoms with Crippen molar-refractivity contribution in [3.63, 3.8) is 0 Å². The van der Waals surface area contributed by atoms with Crippen LogP contribution >= 0.6 is 0 Å². The number of hydrogen-bond acceptors (Lipinski definition) is 5. The molecule has 0 saturated carbocycles. The van der Waals surface area contributed by atoms with Crippen LogP contribution in [0.25, 0.3) is 0 Å². The van der Waals surface area contributed by atoms with Crippen molar-refractivity contribution in [2.24, 2.45) is 5.10 Å². The maximum absolute atomic E-state index is 11.2. The van der Waals surface area contributed by atoms with Crippen molar-refractivity contribution in [3.8, 4) is 0 Å². The van der Waals surface area contributed by atoms with Gasteiger partial charge < -0.3 is 4.55 Å². The van der Waals surface area contributed by atoms with Crippen LogP contribution in [0.5, 0.6) is 0 Å². The summed E-state index contributed by atoms with van der Waals surface area (Å²) < 4.78 is 33.6. The molecule has 1 aliphatic heterocycles. The van der Waals surface area contributed by atoms with Gasteiger partial charge in [-0.1, -0.05) is 60.7 Å². The highest BCUT2D eigenvalue weighted by Crippen LogP contribution is 2.36. The topological polar surface area (TPSA) is 72.8 Å². The van der Waals surface area contributed by atoms with Crippen LogP contribution in [0.4, 0.5) is 5.69 Å². The molecule has 1 atom stereocenters. The Bertz CT molecular complexity index is 1060. The second-order valence-electron chi connectivity index (χ2n) is 6.34. The van der Waals surface area contributed by atoms with E-state index in [1.54, 1.807) is 12.1 Å². The van der Waals surface area contributed by atoms with E-state index >= 15 is 0 Å². The van der Waals surface area contributed by atoms with Crippen LogP contribution in [0.2, 0.25) is 0 Å². The van der Waals surface area contributed by atoms with E-state index in [1.165, 1.54) is 12.1 Å². The Hall–Kier alpha value is -2.96. The lowest BCUT2D eigenvalue weighted by Gasteiger charge is -2.24. The molecule has 1 heterocycles. The number of nitrogens with zero attached hydrogens (tertiary/aromatic N) is 2. The van der Waals surface area contributed by atoms with Crippen molar-refractivity contribution < 1.29 is 13.0 Å². The Morgan fingerprint density at radius 3 is 2.04 bits per heavy atom. The molecule has 0 fully saturated rings. The Balaban J connectivity index is 1.74. The first kappa shape index (κ1) is 17.5. The highest BCUT2D eigenvalue weighted by atomic mass is 32.2. The third kappa shape index (κ3) is 3.63. The summed E-state index contributed by atoms with van der Waals surface area (Å²) in [6, 6.07) is 25.9. The summed E-state index contributed by atoms with van der Waals surface area (Å²) in [6.07, 6.45) is 0.732. The zero-order valence-electron chi connectivity index (χ0n) is 14.4. The molecular weight excluding hydrogens is 360 g/mol. The molecule has 0 N–H and O–H groups in total. The van der Waals surface area contributed by atoms with E-state index in [9.17, 15) is 13.0 Å². The van der Waals surface area contributed by atoms with Gasteiger partial charge in [0.15, 0.2) is 0 Å². The SMILES string of the molecule is O=S(=O)([O-])c1ccc(N2N=C(c3ccccc3)C[C@H]2c2ccccc2)cc1. The molecule has 0 unspecified atom stereocenters. The van der Waals surface area contributed by atoms with Crippen molar-refractivity contribution in [3.05, 3.63) is 96.1 Å². The van der Waals surface area contributed by atoms with Crippen molar-refractivity contribution >= 4 is 21.5 Å². The smallest absolute Gasteiger partial charge is 0.124 e. The van der Waals surface area contributed by atoms with E-state index in [4.69, 9.17) is 5.10 Å². The third-order valence-electron chi connectivity index (χ3n) is 4.59. The fourth-order valence-electron chi connectivity index (χ4n) is 3.25. The molecule has 6 heteroatoms. The van der Waals surface area contributed by atoms with Crippen molar-refractivity contribution in [1.29, 1.82) is 0 Å². The minimum atomic E-state index is -4.47. The van der Waals surface area contributed by atoms with Crippen molar-refractivity contribution in [2.45, 2.75) is 17.4 Å². The second-order valence-corrected chi connectivity index (χ2v) is 7.72. The van der Waals surface area contributed by atoms with Crippen LogP contribution in [-0.4, -0.2) is 18.7 Å². The van der Waals surface area contributed by atoms with Gasteiger partial charge in [-0.25, -0.2) is 8.42 Å². The summed E-state index contributed by atoms with van der Waals surface area (Å²) >= 11 is 0. The van der Waals surface area contributed by atoms with E-state index in [1.807, 2.05) is 53.5 Å². The van der Waals surface area contributed by atoms with Gasteiger partial charge in [0.2, 0.25) is 0 Å². The van der Waals surface area contributed by atoms with E-state index in [2.05, 4.69) is 12.1 Å². The molecule has 0 aromatic heterocycles. The molecule has 0 spiro atoms. The zero-order chi connectivity index (χ0) is 18.9. The Labute approximate surface area is 158 Å². The van der Waals surface area contributed by atoms with Crippen molar-refractivity contribution in [1.82, 2.24) is 0 Å². The normalized spacial score (nSPS) is 17.0. The van der Waals surface area contributed by atoms with Crippen LogP contribution < -0.4 is 5.01 Å². The molecule has 0 bridgehead atoms. The van der Waals surface area contributed by atoms with Gasteiger partial charge in [0.25, 0.3) is 0 Å². The maximum atomic E-state index is 11.2. The fourth-order valence-corrected chi connectivity index (χ4v) is 3.72. The van der Waals surface area contributed by atoms with Crippen LogP contribution in [0.3, 0.4) is 0 Å². The van der Waals surface area contributed by atoms with Gasteiger partial charge in [0.05, 0.1) is 22.3 Å². The standard InChI is InChI=1S/C21H18N2O3S/c24-27(25,26)19-13-11-18(12-14-19)23-21(17-9-5-2-6-10-17)15-20(22-23)16-7-3-1-4-8-16/h1-14,21H,15H2,(H,24,25,26)/p-1/t21-/m0/s1. The van der Waals surface area contributed by atoms with E-state index in [-0.39, 0.29) is 10.9 Å². The molecule has 0 aliphatic carbocycles. The van der Waals surface area contributed by atoms with Gasteiger partial charge in [-0.15, -0.1) is 0 Å². The molecule has 5 nitrogen and oxygen atoms in total. The molecular formula is C21H17N2O3S-. The molecule has 0 saturated heterocycles. The van der Waals surface area contributed by atoms with E-state index in [0.717, 1.165) is 28.9 Å². The average molecular weight is 377 g/mol. The molecule has 3 aromatic carbocycles. The number of hydrogen-bond donors (Lipinski definition) is 0.